The van der Waals surface area contributed by atoms with Crippen LogP contribution in [0.15, 0.2) is 10.5 Å². The van der Waals surface area contributed by atoms with Gasteiger partial charge in [0.2, 0.25) is 0 Å². The van der Waals surface area contributed by atoms with Gasteiger partial charge < -0.3 is 19.2 Å². The quantitative estimate of drug-likeness (QED) is 0.706. The van der Waals surface area contributed by atoms with Crippen LogP contribution in [0.1, 0.15) is 51.7 Å². The molecule has 0 radical (unpaired) electrons. The van der Waals surface area contributed by atoms with Gasteiger partial charge in [-0.25, -0.2) is 0 Å². The first-order valence-electron chi connectivity index (χ1n) is 7.76. The SMILES string of the molecule is Cc1oc(CNC(C)(C)C)cc1COCCOCC(C)C. The lowest BCUT2D eigenvalue weighted by Gasteiger charge is -2.19. The van der Waals surface area contributed by atoms with Crippen molar-refractivity contribution in [1.29, 1.82) is 0 Å². The van der Waals surface area contributed by atoms with Crippen LogP contribution >= 0.6 is 0 Å². The van der Waals surface area contributed by atoms with E-state index in [1.807, 2.05) is 6.92 Å². The molecule has 4 nitrogen and oxygen atoms in total. The largest absolute Gasteiger partial charge is 0.465 e. The zero-order chi connectivity index (χ0) is 15.9. The van der Waals surface area contributed by atoms with Gasteiger partial charge in [0.05, 0.1) is 26.4 Å². The second kappa shape index (κ2) is 8.57. The van der Waals surface area contributed by atoms with Gasteiger partial charge in [0.25, 0.3) is 0 Å². The third kappa shape index (κ3) is 8.24. The predicted octanol–water partition coefficient (Wildman–Crippen LogP) is 3.67. The Morgan fingerprint density at radius 3 is 2.48 bits per heavy atom. The van der Waals surface area contributed by atoms with Gasteiger partial charge in [-0.2, -0.15) is 0 Å². The van der Waals surface area contributed by atoms with Crippen molar-refractivity contribution in [3.63, 3.8) is 0 Å². The predicted molar refractivity (Wildman–Crippen MR) is 85.4 cm³/mol. The lowest BCUT2D eigenvalue weighted by Crippen LogP contribution is -2.34. The Kier molecular flexibility index (Phi) is 7.43. The van der Waals surface area contributed by atoms with Crippen molar-refractivity contribution in [3.05, 3.63) is 23.2 Å². The summed E-state index contributed by atoms with van der Waals surface area (Å²) in [6.45, 7) is 16.1. The summed E-state index contributed by atoms with van der Waals surface area (Å²) in [6.07, 6.45) is 0. The van der Waals surface area contributed by atoms with Crippen LogP contribution in [-0.2, 0) is 22.6 Å². The molecule has 0 aliphatic carbocycles. The Bertz CT molecular complexity index is 405. The summed E-state index contributed by atoms with van der Waals surface area (Å²) in [5.41, 5.74) is 1.20. The molecule has 1 aromatic rings. The van der Waals surface area contributed by atoms with E-state index in [1.165, 1.54) is 0 Å². The molecule has 0 saturated heterocycles. The molecule has 0 amide bonds. The van der Waals surface area contributed by atoms with E-state index >= 15 is 0 Å². The number of furan rings is 1. The topological polar surface area (TPSA) is 43.6 Å². The van der Waals surface area contributed by atoms with Crippen LogP contribution < -0.4 is 5.32 Å². The molecule has 0 atom stereocenters. The number of hydrogen-bond acceptors (Lipinski definition) is 4. The highest BCUT2D eigenvalue weighted by Gasteiger charge is 2.12. The standard InChI is InChI=1S/C17H31NO3/c1-13(2)11-19-7-8-20-12-15-9-16(21-14(15)3)10-18-17(4,5)6/h9,13,18H,7-8,10-12H2,1-6H3. The first-order valence-corrected chi connectivity index (χ1v) is 7.76. The van der Waals surface area contributed by atoms with E-state index in [-0.39, 0.29) is 5.54 Å². The zero-order valence-electron chi connectivity index (χ0n) is 14.4. The summed E-state index contributed by atoms with van der Waals surface area (Å²) in [5.74, 6) is 2.46. The number of rotatable bonds is 9. The maximum Gasteiger partial charge on any atom is 0.118 e. The first kappa shape index (κ1) is 18.2. The molecular weight excluding hydrogens is 266 g/mol. The lowest BCUT2D eigenvalue weighted by atomic mass is 10.1. The van der Waals surface area contributed by atoms with Crippen LogP contribution in [0.5, 0.6) is 0 Å². The zero-order valence-corrected chi connectivity index (χ0v) is 14.4. The van der Waals surface area contributed by atoms with Crippen molar-refractivity contribution in [2.45, 2.75) is 60.2 Å². The maximum absolute atomic E-state index is 5.75. The normalized spacial score (nSPS) is 12.3. The fraction of sp³-hybridized carbons (Fsp3) is 0.765. The Hall–Kier alpha value is -0.840. The minimum atomic E-state index is 0.0884. The van der Waals surface area contributed by atoms with E-state index < -0.39 is 0 Å². The molecule has 0 spiro atoms. The highest BCUT2D eigenvalue weighted by Crippen LogP contribution is 2.16. The average molecular weight is 297 g/mol. The smallest absolute Gasteiger partial charge is 0.118 e. The van der Waals surface area contributed by atoms with Gasteiger partial charge in [-0.3, -0.25) is 0 Å². The van der Waals surface area contributed by atoms with Gasteiger partial charge in [0.1, 0.15) is 11.5 Å². The van der Waals surface area contributed by atoms with Crippen molar-refractivity contribution in [2.24, 2.45) is 5.92 Å². The Labute approximate surface area is 129 Å². The summed E-state index contributed by atoms with van der Waals surface area (Å²) in [6, 6.07) is 2.07. The van der Waals surface area contributed by atoms with E-state index in [2.05, 4.69) is 46.0 Å². The van der Waals surface area contributed by atoms with Gasteiger partial charge in [-0.1, -0.05) is 13.8 Å². The van der Waals surface area contributed by atoms with Crippen LogP contribution in [-0.4, -0.2) is 25.4 Å². The minimum Gasteiger partial charge on any atom is -0.465 e. The van der Waals surface area contributed by atoms with Crippen molar-refractivity contribution in [3.8, 4) is 0 Å². The lowest BCUT2D eigenvalue weighted by molar-refractivity contribution is 0.0311. The van der Waals surface area contributed by atoms with Crippen molar-refractivity contribution in [2.75, 3.05) is 19.8 Å². The maximum atomic E-state index is 5.75. The molecule has 0 aliphatic heterocycles. The summed E-state index contributed by atoms with van der Waals surface area (Å²) < 4.78 is 16.9. The number of hydrogen-bond donors (Lipinski definition) is 1. The van der Waals surface area contributed by atoms with E-state index in [9.17, 15) is 0 Å². The molecule has 1 rings (SSSR count). The third-order valence-corrected chi connectivity index (χ3v) is 2.95. The van der Waals surface area contributed by atoms with Gasteiger partial charge in [0, 0.05) is 17.7 Å². The van der Waals surface area contributed by atoms with Crippen molar-refractivity contribution >= 4 is 0 Å². The van der Waals surface area contributed by atoms with Gasteiger partial charge in [-0.15, -0.1) is 0 Å². The highest BCUT2D eigenvalue weighted by atomic mass is 16.5. The molecular formula is C17H31NO3. The molecule has 0 aliphatic rings. The number of ether oxygens (including phenoxy) is 2. The fourth-order valence-electron chi connectivity index (χ4n) is 1.79. The molecule has 1 aromatic heterocycles. The van der Waals surface area contributed by atoms with Crippen molar-refractivity contribution in [1.82, 2.24) is 5.32 Å². The second-order valence-corrected chi connectivity index (χ2v) is 6.92. The van der Waals surface area contributed by atoms with E-state index in [0.29, 0.717) is 25.7 Å². The fourth-order valence-corrected chi connectivity index (χ4v) is 1.79. The monoisotopic (exact) mass is 297 g/mol. The second-order valence-electron chi connectivity index (χ2n) is 6.92. The van der Waals surface area contributed by atoms with Crippen LogP contribution in [0.25, 0.3) is 0 Å². The van der Waals surface area contributed by atoms with Crippen LogP contribution in [0, 0.1) is 12.8 Å². The highest BCUT2D eigenvalue weighted by molar-refractivity contribution is 5.20. The Morgan fingerprint density at radius 2 is 1.86 bits per heavy atom. The molecule has 0 fully saturated rings. The van der Waals surface area contributed by atoms with Crippen LogP contribution in [0.4, 0.5) is 0 Å². The summed E-state index contributed by atoms with van der Waals surface area (Å²) in [4.78, 5) is 0. The molecule has 1 heterocycles. The van der Waals surface area contributed by atoms with Crippen LogP contribution in [0.2, 0.25) is 0 Å². The van der Waals surface area contributed by atoms with E-state index in [0.717, 1.165) is 30.2 Å². The molecule has 122 valence electrons. The number of nitrogens with one attached hydrogen (secondary N) is 1. The summed E-state index contributed by atoms with van der Waals surface area (Å²) >= 11 is 0. The van der Waals surface area contributed by atoms with Gasteiger partial charge >= 0.3 is 0 Å². The molecule has 1 N–H and O–H groups in total. The molecule has 0 unspecified atom stereocenters. The Morgan fingerprint density at radius 1 is 1.19 bits per heavy atom. The Balaban J connectivity index is 2.27. The van der Waals surface area contributed by atoms with E-state index in [4.69, 9.17) is 13.9 Å². The average Bonchev–Trinajstić information content (AvgIpc) is 2.71. The van der Waals surface area contributed by atoms with Crippen LogP contribution in [0.3, 0.4) is 0 Å². The minimum absolute atomic E-state index is 0.0884. The number of aryl methyl sites for hydroxylation is 1. The molecule has 0 saturated carbocycles. The van der Waals surface area contributed by atoms with Crippen molar-refractivity contribution < 1.29 is 13.9 Å². The van der Waals surface area contributed by atoms with E-state index in [1.54, 1.807) is 0 Å². The van der Waals surface area contributed by atoms with Gasteiger partial charge in [-0.05, 0) is 39.7 Å². The molecule has 0 bridgehead atoms. The summed E-state index contributed by atoms with van der Waals surface area (Å²) in [5, 5.41) is 3.42. The third-order valence-electron chi connectivity index (χ3n) is 2.95. The molecule has 0 aromatic carbocycles. The summed E-state index contributed by atoms with van der Waals surface area (Å²) in [7, 11) is 0. The first-order chi connectivity index (χ1) is 9.78. The molecule has 21 heavy (non-hydrogen) atoms. The molecule has 4 heteroatoms. The van der Waals surface area contributed by atoms with Gasteiger partial charge in [0.15, 0.2) is 0 Å².